The Bertz CT molecular complexity index is 1010. The molecule has 0 unspecified atom stereocenters. The molecule has 7 heteroatoms. The molecule has 0 bridgehead atoms. The molecule has 3 amide bonds. The molecule has 0 atom stereocenters. The molecule has 0 aliphatic carbocycles. The minimum atomic E-state index is -0.453. The van der Waals surface area contributed by atoms with Crippen LogP contribution in [0.2, 0.25) is 0 Å². The van der Waals surface area contributed by atoms with Crippen LogP contribution in [-0.2, 0) is 0 Å². The zero-order valence-corrected chi connectivity index (χ0v) is 14.4. The first kappa shape index (κ1) is 16.6. The Hall–Kier alpha value is -3.87. The number of aromatic nitrogens is 2. The summed E-state index contributed by atoms with van der Waals surface area (Å²) in [4.78, 5) is 40.2. The monoisotopic (exact) mass is 358 g/mol. The number of imide groups is 1. The van der Waals surface area contributed by atoms with E-state index in [4.69, 9.17) is 0 Å². The lowest BCUT2D eigenvalue weighted by atomic mass is 10.1. The second-order valence-corrected chi connectivity index (χ2v) is 6.01. The third-order valence-electron chi connectivity index (χ3n) is 4.42. The van der Waals surface area contributed by atoms with E-state index in [0.717, 1.165) is 10.6 Å². The summed E-state index contributed by atoms with van der Waals surface area (Å²) in [6.45, 7) is 0. The fourth-order valence-electron chi connectivity index (χ4n) is 2.95. The van der Waals surface area contributed by atoms with Gasteiger partial charge in [-0.2, -0.15) is 10.2 Å². The number of nitrogens with zero attached hydrogens (tertiary/aromatic N) is 4. The van der Waals surface area contributed by atoms with Gasteiger partial charge in [-0.25, -0.2) is 4.90 Å². The molecule has 3 aromatic rings. The number of hydrogen-bond acceptors (Lipinski definition) is 5. The van der Waals surface area contributed by atoms with Crippen LogP contribution in [0, 0.1) is 0 Å². The van der Waals surface area contributed by atoms with E-state index in [1.165, 1.54) is 17.3 Å². The van der Waals surface area contributed by atoms with E-state index in [2.05, 4.69) is 10.2 Å². The van der Waals surface area contributed by atoms with E-state index < -0.39 is 11.8 Å². The average molecular weight is 358 g/mol. The third-order valence-corrected chi connectivity index (χ3v) is 4.42. The van der Waals surface area contributed by atoms with Gasteiger partial charge in [0.25, 0.3) is 17.7 Å². The second-order valence-electron chi connectivity index (χ2n) is 6.01. The fourth-order valence-corrected chi connectivity index (χ4v) is 2.95. The lowest BCUT2D eigenvalue weighted by Crippen LogP contribution is -2.29. The van der Waals surface area contributed by atoms with Gasteiger partial charge < -0.3 is 4.90 Å². The molecule has 2 heterocycles. The van der Waals surface area contributed by atoms with Crippen molar-refractivity contribution in [2.45, 2.75) is 0 Å². The van der Waals surface area contributed by atoms with Gasteiger partial charge in [-0.1, -0.05) is 18.2 Å². The molecular formula is C20H14N4O3. The van der Waals surface area contributed by atoms with Gasteiger partial charge in [-0.05, 0) is 36.4 Å². The number of carbonyl (C=O) groups is 3. The van der Waals surface area contributed by atoms with Crippen LogP contribution in [0.1, 0.15) is 31.1 Å². The van der Waals surface area contributed by atoms with E-state index >= 15 is 0 Å². The molecule has 132 valence electrons. The van der Waals surface area contributed by atoms with Crippen molar-refractivity contribution in [3.05, 3.63) is 83.7 Å². The van der Waals surface area contributed by atoms with Gasteiger partial charge in [0.1, 0.15) is 0 Å². The van der Waals surface area contributed by atoms with E-state index in [1.807, 2.05) is 30.3 Å². The molecule has 1 aliphatic heterocycles. The topological polar surface area (TPSA) is 83.5 Å². The van der Waals surface area contributed by atoms with Gasteiger partial charge in [0.2, 0.25) is 0 Å². The van der Waals surface area contributed by atoms with Crippen molar-refractivity contribution in [1.29, 1.82) is 0 Å². The van der Waals surface area contributed by atoms with Crippen LogP contribution in [0.15, 0.2) is 67.0 Å². The van der Waals surface area contributed by atoms with Crippen molar-refractivity contribution in [1.82, 2.24) is 10.2 Å². The lowest BCUT2D eigenvalue weighted by Gasteiger charge is -2.18. The van der Waals surface area contributed by atoms with Crippen LogP contribution in [0.4, 0.5) is 11.4 Å². The predicted octanol–water partition coefficient (Wildman–Crippen LogP) is 2.55. The van der Waals surface area contributed by atoms with E-state index in [0.29, 0.717) is 11.3 Å². The van der Waals surface area contributed by atoms with Crippen molar-refractivity contribution >= 4 is 29.1 Å². The van der Waals surface area contributed by atoms with Crippen molar-refractivity contribution in [2.24, 2.45) is 0 Å². The Balaban J connectivity index is 1.59. The van der Waals surface area contributed by atoms with Crippen molar-refractivity contribution in [3.63, 3.8) is 0 Å². The van der Waals surface area contributed by atoms with E-state index in [1.54, 1.807) is 31.3 Å². The summed E-state index contributed by atoms with van der Waals surface area (Å²) in [6, 6.07) is 15.6. The number of carbonyl (C=O) groups excluding carboxylic acids is 3. The summed E-state index contributed by atoms with van der Waals surface area (Å²) in [7, 11) is 1.69. The zero-order chi connectivity index (χ0) is 19.0. The maximum Gasteiger partial charge on any atom is 0.267 e. The molecule has 4 rings (SSSR count). The molecular weight excluding hydrogens is 344 g/mol. The molecule has 0 fully saturated rings. The summed E-state index contributed by atoms with van der Waals surface area (Å²) in [5, 5.41) is 7.31. The normalized spacial score (nSPS) is 12.9. The molecule has 1 aromatic heterocycles. The molecule has 0 spiro atoms. The quantitative estimate of drug-likeness (QED) is 0.672. The summed E-state index contributed by atoms with van der Waals surface area (Å²) in [6.07, 6.45) is 2.56. The molecule has 0 saturated carbocycles. The first-order valence-corrected chi connectivity index (χ1v) is 8.20. The zero-order valence-electron chi connectivity index (χ0n) is 14.4. The maximum atomic E-state index is 12.6. The summed E-state index contributed by atoms with van der Waals surface area (Å²) >= 11 is 0. The van der Waals surface area contributed by atoms with Gasteiger partial charge >= 0.3 is 0 Å². The van der Waals surface area contributed by atoms with Crippen LogP contribution in [0.25, 0.3) is 0 Å². The molecule has 0 N–H and O–H groups in total. The SMILES string of the molecule is CN(C(=O)c1ccc(N2C(=O)c3cnncc3C2=O)cc1)c1ccccc1. The first-order chi connectivity index (χ1) is 13.1. The Labute approximate surface area is 154 Å². The Kier molecular flexibility index (Phi) is 3.97. The van der Waals surface area contributed by atoms with Crippen molar-refractivity contribution < 1.29 is 14.4 Å². The van der Waals surface area contributed by atoms with Crippen LogP contribution >= 0.6 is 0 Å². The number of benzene rings is 2. The number of fused-ring (bicyclic) bond motifs is 1. The fraction of sp³-hybridized carbons (Fsp3) is 0.0500. The summed E-state index contributed by atoms with van der Waals surface area (Å²) in [5.41, 5.74) is 2.05. The molecule has 27 heavy (non-hydrogen) atoms. The minimum absolute atomic E-state index is 0.191. The van der Waals surface area contributed by atoms with Crippen LogP contribution in [0.3, 0.4) is 0 Å². The number of anilines is 2. The first-order valence-electron chi connectivity index (χ1n) is 8.20. The van der Waals surface area contributed by atoms with Gasteiger partial charge in [-0.15, -0.1) is 0 Å². The Morgan fingerprint density at radius 1 is 0.852 bits per heavy atom. The minimum Gasteiger partial charge on any atom is -0.311 e. The summed E-state index contributed by atoms with van der Waals surface area (Å²) in [5.74, 6) is -1.10. The third kappa shape index (κ3) is 2.75. The van der Waals surface area contributed by atoms with Gasteiger partial charge in [0.05, 0.1) is 29.2 Å². The van der Waals surface area contributed by atoms with E-state index in [9.17, 15) is 14.4 Å². The Morgan fingerprint density at radius 3 is 1.96 bits per heavy atom. The highest BCUT2D eigenvalue weighted by atomic mass is 16.2. The molecule has 7 nitrogen and oxygen atoms in total. The molecule has 0 saturated heterocycles. The number of para-hydroxylation sites is 1. The molecule has 1 aliphatic rings. The van der Waals surface area contributed by atoms with Crippen molar-refractivity contribution in [2.75, 3.05) is 16.8 Å². The number of rotatable bonds is 3. The number of hydrogen-bond donors (Lipinski definition) is 0. The summed E-state index contributed by atoms with van der Waals surface area (Å²) < 4.78 is 0. The smallest absolute Gasteiger partial charge is 0.267 e. The largest absolute Gasteiger partial charge is 0.311 e. The van der Waals surface area contributed by atoms with E-state index in [-0.39, 0.29) is 17.0 Å². The highest BCUT2D eigenvalue weighted by Gasteiger charge is 2.37. The average Bonchev–Trinajstić information content (AvgIpc) is 2.98. The number of amides is 3. The molecule has 2 aromatic carbocycles. The predicted molar refractivity (Wildman–Crippen MR) is 98.8 cm³/mol. The molecule has 0 radical (unpaired) electrons. The highest BCUT2D eigenvalue weighted by Crippen LogP contribution is 2.27. The standard InChI is InChI=1S/C20H14N4O3/c1-23(14-5-3-2-4-6-14)18(25)13-7-9-15(10-8-13)24-19(26)16-11-21-22-12-17(16)20(24)27/h2-12H,1H3. The second kappa shape index (κ2) is 6.45. The van der Waals surface area contributed by atoms with Crippen LogP contribution in [-0.4, -0.2) is 35.0 Å². The van der Waals surface area contributed by atoms with Crippen LogP contribution in [0.5, 0.6) is 0 Å². The van der Waals surface area contributed by atoms with Crippen molar-refractivity contribution in [3.8, 4) is 0 Å². The van der Waals surface area contributed by atoms with Gasteiger partial charge in [0, 0.05) is 18.3 Å². The highest BCUT2D eigenvalue weighted by molar-refractivity contribution is 6.34. The van der Waals surface area contributed by atoms with Gasteiger partial charge in [-0.3, -0.25) is 14.4 Å². The Morgan fingerprint density at radius 2 is 1.41 bits per heavy atom. The van der Waals surface area contributed by atoms with Crippen LogP contribution < -0.4 is 9.80 Å². The maximum absolute atomic E-state index is 12.6. The van der Waals surface area contributed by atoms with Gasteiger partial charge in [0.15, 0.2) is 0 Å². The lowest BCUT2D eigenvalue weighted by molar-refractivity contribution is 0.0925.